The molecule has 0 aliphatic carbocycles. The summed E-state index contributed by atoms with van der Waals surface area (Å²) in [5.74, 6) is 0.618. The molecule has 9 heteroatoms. The average Bonchev–Trinajstić information content (AvgIpc) is 3.17. The number of fused-ring (bicyclic) bond motifs is 1. The van der Waals surface area contributed by atoms with E-state index in [1.54, 1.807) is 18.5 Å². The van der Waals surface area contributed by atoms with Crippen molar-refractivity contribution in [3.63, 3.8) is 0 Å². The number of aromatic nitrogens is 3. The molecule has 0 saturated heterocycles. The highest BCUT2D eigenvalue weighted by Gasteiger charge is 2.16. The first-order valence-electron chi connectivity index (χ1n) is 7.26. The lowest BCUT2D eigenvalue weighted by Gasteiger charge is -2.11. The minimum atomic E-state index is -0.445. The second-order valence-corrected chi connectivity index (χ2v) is 6.58. The van der Waals surface area contributed by atoms with Gasteiger partial charge in [0, 0.05) is 41.7 Å². The minimum absolute atomic E-state index is 0.0168. The molecule has 3 rings (SSSR count). The van der Waals surface area contributed by atoms with Crippen LogP contribution in [0, 0.1) is 10.1 Å². The van der Waals surface area contributed by atoms with E-state index in [4.69, 9.17) is 0 Å². The largest absolute Gasteiger partial charge is 0.351 e. The van der Waals surface area contributed by atoms with Crippen molar-refractivity contribution in [1.29, 1.82) is 0 Å². The lowest BCUT2D eigenvalue weighted by molar-refractivity contribution is -0.384. The van der Waals surface area contributed by atoms with Gasteiger partial charge in [-0.1, -0.05) is 6.92 Å². The van der Waals surface area contributed by atoms with Crippen LogP contribution in [0.25, 0.3) is 10.1 Å². The molecule has 1 atom stereocenters. The van der Waals surface area contributed by atoms with Gasteiger partial charge in [-0.25, -0.2) is 0 Å². The number of amides is 1. The van der Waals surface area contributed by atoms with Crippen LogP contribution < -0.4 is 5.32 Å². The Morgan fingerprint density at radius 2 is 2.25 bits per heavy atom. The zero-order valence-electron chi connectivity index (χ0n) is 13.1. The van der Waals surface area contributed by atoms with Gasteiger partial charge in [-0.3, -0.25) is 14.9 Å². The predicted octanol–water partition coefficient (Wildman–Crippen LogP) is 2.47. The quantitative estimate of drug-likeness (QED) is 0.565. The van der Waals surface area contributed by atoms with Gasteiger partial charge in [0.1, 0.15) is 12.2 Å². The Hall–Kier alpha value is -2.81. The molecule has 0 spiro atoms. The normalized spacial score (nSPS) is 12.2. The van der Waals surface area contributed by atoms with E-state index in [1.807, 2.05) is 18.5 Å². The highest BCUT2D eigenvalue weighted by Crippen LogP contribution is 2.29. The maximum absolute atomic E-state index is 12.3. The van der Waals surface area contributed by atoms with Gasteiger partial charge >= 0.3 is 0 Å². The zero-order valence-corrected chi connectivity index (χ0v) is 13.9. The van der Waals surface area contributed by atoms with E-state index in [2.05, 4.69) is 15.5 Å². The maximum Gasteiger partial charge on any atom is 0.270 e. The van der Waals surface area contributed by atoms with Crippen LogP contribution >= 0.6 is 11.3 Å². The summed E-state index contributed by atoms with van der Waals surface area (Å²) in [7, 11) is 1.85. The van der Waals surface area contributed by atoms with Crippen molar-refractivity contribution in [2.45, 2.75) is 12.8 Å². The highest BCUT2D eigenvalue weighted by atomic mass is 32.1. The van der Waals surface area contributed by atoms with Gasteiger partial charge in [-0.05, 0) is 12.1 Å². The van der Waals surface area contributed by atoms with E-state index in [1.165, 1.54) is 23.5 Å². The molecule has 124 valence electrons. The molecule has 0 unspecified atom stereocenters. The molecule has 0 saturated carbocycles. The Balaban J connectivity index is 1.72. The van der Waals surface area contributed by atoms with Crippen LogP contribution in [0.5, 0.6) is 0 Å². The molecule has 2 aromatic heterocycles. The standard InChI is InChI=1S/C15H15N5O3S/c1-9(14-18-17-8-19(14)2)7-16-15(21)13-6-10-5-11(20(22)23)3-4-12(10)24-13/h3-6,8-9H,7H2,1-2H3,(H,16,21)/t9-/m1/s1. The maximum atomic E-state index is 12.3. The number of hydrogen-bond acceptors (Lipinski definition) is 6. The van der Waals surface area contributed by atoms with E-state index in [-0.39, 0.29) is 17.5 Å². The summed E-state index contributed by atoms with van der Waals surface area (Å²) in [6, 6.07) is 6.26. The van der Waals surface area contributed by atoms with E-state index in [0.29, 0.717) is 16.8 Å². The summed E-state index contributed by atoms with van der Waals surface area (Å²) in [4.78, 5) is 23.2. The predicted molar refractivity (Wildman–Crippen MR) is 90.2 cm³/mol. The third-order valence-corrected chi connectivity index (χ3v) is 4.81. The fourth-order valence-electron chi connectivity index (χ4n) is 2.42. The van der Waals surface area contributed by atoms with Crippen molar-refractivity contribution in [3.8, 4) is 0 Å². The van der Waals surface area contributed by atoms with Crippen molar-refractivity contribution in [3.05, 3.63) is 51.4 Å². The van der Waals surface area contributed by atoms with Crippen molar-refractivity contribution < 1.29 is 9.72 Å². The number of rotatable bonds is 5. The van der Waals surface area contributed by atoms with Gasteiger partial charge < -0.3 is 9.88 Å². The van der Waals surface area contributed by atoms with E-state index in [9.17, 15) is 14.9 Å². The number of non-ortho nitro benzene ring substituents is 1. The molecule has 0 radical (unpaired) electrons. The van der Waals surface area contributed by atoms with Crippen LogP contribution in [0.3, 0.4) is 0 Å². The molecule has 8 nitrogen and oxygen atoms in total. The molecule has 0 bridgehead atoms. The van der Waals surface area contributed by atoms with Crippen LogP contribution in [-0.4, -0.2) is 32.1 Å². The van der Waals surface area contributed by atoms with Crippen molar-refractivity contribution in [2.24, 2.45) is 7.05 Å². The summed E-state index contributed by atoms with van der Waals surface area (Å²) in [6.07, 6.45) is 1.62. The van der Waals surface area contributed by atoms with Crippen LogP contribution in [0.15, 0.2) is 30.6 Å². The number of nitro groups is 1. The Kier molecular flexibility index (Phi) is 4.26. The van der Waals surface area contributed by atoms with Crippen LogP contribution in [0.2, 0.25) is 0 Å². The molecule has 24 heavy (non-hydrogen) atoms. The van der Waals surface area contributed by atoms with Gasteiger partial charge in [-0.2, -0.15) is 0 Å². The van der Waals surface area contributed by atoms with Crippen LogP contribution in [0.4, 0.5) is 5.69 Å². The molecule has 0 aliphatic rings. The molecule has 1 aromatic carbocycles. The summed E-state index contributed by atoms with van der Waals surface area (Å²) in [5.41, 5.74) is 0.0168. The number of hydrogen-bond donors (Lipinski definition) is 1. The number of aryl methyl sites for hydroxylation is 1. The molecule has 1 amide bonds. The van der Waals surface area contributed by atoms with Crippen molar-refractivity contribution >= 4 is 33.0 Å². The molecule has 0 fully saturated rings. The number of nitrogens with one attached hydrogen (secondary N) is 1. The Labute approximate surface area is 141 Å². The number of nitro benzene ring substituents is 1. The minimum Gasteiger partial charge on any atom is -0.351 e. The smallest absolute Gasteiger partial charge is 0.270 e. The lowest BCUT2D eigenvalue weighted by atomic mass is 10.1. The molecular formula is C15H15N5O3S. The Morgan fingerprint density at radius 3 is 2.92 bits per heavy atom. The fraction of sp³-hybridized carbons (Fsp3) is 0.267. The van der Waals surface area contributed by atoms with Gasteiger partial charge in [0.2, 0.25) is 0 Å². The highest BCUT2D eigenvalue weighted by molar-refractivity contribution is 7.20. The fourth-order valence-corrected chi connectivity index (χ4v) is 3.38. The first-order valence-corrected chi connectivity index (χ1v) is 8.07. The Bertz CT molecular complexity index is 917. The van der Waals surface area contributed by atoms with Crippen molar-refractivity contribution in [2.75, 3.05) is 6.54 Å². The summed E-state index contributed by atoms with van der Waals surface area (Å²) < 4.78 is 2.65. The van der Waals surface area contributed by atoms with E-state index >= 15 is 0 Å². The van der Waals surface area contributed by atoms with E-state index < -0.39 is 4.92 Å². The second-order valence-electron chi connectivity index (χ2n) is 5.50. The number of carbonyl (C=O) groups is 1. The summed E-state index contributed by atoms with van der Waals surface area (Å²) in [5, 5.41) is 22.2. The number of carbonyl (C=O) groups excluding carboxylic acids is 1. The lowest BCUT2D eigenvalue weighted by Crippen LogP contribution is -2.27. The first-order chi connectivity index (χ1) is 11.5. The second kappa shape index (κ2) is 6.36. The average molecular weight is 345 g/mol. The van der Waals surface area contributed by atoms with E-state index in [0.717, 1.165) is 10.5 Å². The molecule has 1 N–H and O–H groups in total. The molecular weight excluding hydrogens is 330 g/mol. The molecule has 3 aromatic rings. The third-order valence-electron chi connectivity index (χ3n) is 3.69. The van der Waals surface area contributed by atoms with Gasteiger partial charge in [0.05, 0.1) is 9.80 Å². The first kappa shape index (κ1) is 16.1. The number of thiophene rings is 1. The molecule has 2 heterocycles. The third kappa shape index (κ3) is 3.11. The number of nitrogens with zero attached hydrogens (tertiary/aromatic N) is 4. The van der Waals surface area contributed by atoms with Crippen LogP contribution in [0.1, 0.15) is 28.3 Å². The SMILES string of the molecule is C[C@H](CNC(=O)c1cc2cc([N+](=O)[O-])ccc2s1)c1nncn1C. The van der Waals surface area contributed by atoms with Gasteiger partial charge in [0.25, 0.3) is 11.6 Å². The zero-order chi connectivity index (χ0) is 17.3. The van der Waals surface area contributed by atoms with Crippen LogP contribution in [-0.2, 0) is 7.05 Å². The van der Waals surface area contributed by atoms with Gasteiger partial charge in [0.15, 0.2) is 0 Å². The number of benzene rings is 1. The molecule has 0 aliphatic heterocycles. The van der Waals surface area contributed by atoms with Gasteiger partial charge in [-0.15, -0.1) is 21.5 Å². The summed E-state index contributed by atoms with van der Waals surface area (Å²) >= 11 is 1.31. The topological polar surface area (TPSA) is 103 Å². The monoisotopic (exact) mass is 345 g/mol. The Morgan fingerprint density at radius 1 is 1.46 bits per heavy atom. The summed E-state index contributed by atoms with van der Waals surface area (Å²) in [6.45, 7) is 2.39. The van der Waals surface area contributed by atoms with Crippen molar-refractivity contribution in [1.82, 2.24) is 20.1 Å².